The minimum Gasteiger partial charge on any atom is -0.309 e. The van der Waals surface area contributed by atoms with Crippen molar-refractivity contribution in [3.63, 3.8) is 0 Å². The molecule has 2 aromatic rings. The molecule has 1 aromatic carbocycles. The first kappa shape index (κ1) is 17.2. The molecular weight excluding hydrogens is 344 g/mol. The van der Waals surface area contributed by atoms with Crippen molar-refractivity contribution in [3.8, 4) is 11.8 Å². The summed E-state index contributed by atoms with van der Waals surface area (Å²) in [4.78, 5) is 12.7. The Morgan fingerprint density at radius 3 is 2.77 bits per heavy atom. The topological polar surface area (TPSA) is 70.7 Å². The van der Waals surface area contributed by atoms with E-state index in [0.717, 1.165) is 11.6 Å². The Balaban J connectivity index is 1.59. The number of rotatable bonds is 5. The maximum absolute atomic E-state index is 12.7. The summed E-state index contributed by atoms with van der Waals surface area (Å²) in [5.41, 5.74) is 1.27. The van der Waals surface area contributed by atoms with Gasteiger partial charge in [0.25, 0.3) is 0 Å². The molecule has 2 bridgehead atoms. The average molecular weight is 366 g/mol. The highest BCUT2D eigenvalue weighted by molar-refractivity contribution is 7.98. The number of hydrogen-bond donors (Lipinski definition) is 1. The lowest BCUT2D eigenvalue weighted by molar-refractivity contribution is -0.117. The van der Waals surface area contributed by atoms with E-state index in [9.17, 15) is 10.1 Å². The standard InChI is InChI=1S/C20H22N4OS/c1-26-20-17(12-21)19(24(23-20)16-5-3-2-4-6-16)22-18(25)11-15-10-13-7-8-14(15)9-13/h2-6,13-15H,7-11H2,1H3,(H,22,25)/t13-,14-,15-/m1/s1. The number of aromatic nitrogens is 2. The third kappa shape index (κ3) is 3.12. The van der Waals surface area contributed by atoms with Crippen molar-refractivity contribution < 1.29 is 4.79 Å². The van der Waals surface area contributed by atoms with E-state index in [4.69, 9.17) is 0 Å². The number of fused-ring (bicyclic) bond motifs is 2. The molecule has 0 radical (unpaired) electrons. The number of hydrogen-bond acceptors (Lipinski definition) is 4. The molecule has 1 aromatic heterocycles. The Labute approximate surface area is 157 Å². The van der Waals surface area contributed by atoms with Gasteiger partial charge >= 0.3 is 0 Å². The van der Waals surface area contributed by atoms with Gasteiger partial charge in [-0.3, -0.25) is 4.79 Å². The van der Waals surface area contributed by atoms with Crippen molar-refractivity contribution in [2.24, 2.45) is 17.8 Å². The smallest absolute Gasteiger partial charge is 0.225 e. The van der Waals surface area contributed by atoms with E-state index in [-0.39, 0.29) is 5.91 Å². The summed E-state index contributed by atoms with van der Waals surface area (Å²) in [7, 11) is 0. The first-order chi connectivity index (χ1) is 12.7. The fourth-order valence-corrected chi connectivity index (χ4v) is 5.07. The van der Waals surface area contributed by atoms with Gasteiger partial charge in [-0.2, -0.15) is 10.4 Å². The van der Waals surface area contributed by atoms with E-state index in [0.29, 0.717) is 34.7 Å². The molecule has 0 aliphatic heterocycles. The van der Waals surface area contributed by atoms with Crippen molar-refractivity contribution in [2.45, 2.75) is 37.1 Å². The van der Waals surface area contributed by atoms with Crippen LogP contribution in [0.25, 0.3) is 5.69 Å². The zero-order chi connectivity index (χ0) is 18.1. The second-order valence-electron chi connectivity index (χ2n) is 7.28. The van der Waals surface area contributed by atoms with Crippen molar-refractivity contribution >= 4 is 23.5 Å². The van der Waals surface area contributed by atoms with Crippen LogP contribution >= 0.6 is 11.8 Å². The van der Waals surface area contributed by atoms with Crippen LogP contribution in [0.1, 0.15) is 37.7 Å². The highest BCUT2D eigenvalue weighted by Crippen LogP contribution is 2.49. The monoisotopic (exact) mass is 366 g/mol. The van der Waals surface area contributed by atoms with Crippen LogP contribution in [0.3, 0.4) is 0 Å². The maximum Gasteiger partial charge on any atom is 0.225 e. The summed E-state index contributed by atoms with van der Waals surface area (Å²) in [5.74, 6) is 2.50. The van der Waals surface area contributed by atoms with Crippen LogP contribution < -0.4 is 5.32 Å². The van der Waals surface area contributed by atoms with Gasteiger partial charge in [0.1, 0.15) is 16.7 Å². The van der Waals surface area contributed by atoms with E-state index >= 15 is 0 Å². The molecule has 3 atom stereocenters. The second kappa shape index (κ2) is 7.16. The number of nitriles is 1. The lowest BCUT2D eigenvalue weighted by Crippen LogP contribution is -2.22. The highest BCUT2D eigenvalue weighted by atomic mass is 32.2. The number of carbonyl (C=O) groups excluding carboxylic acids is 1. The number of para-hydroxylation sites is 1. The first-order valence-electron chi connectivity index (χ1n) is 9.12. The quantitative estimate of drug-likeness (QED) is 0.804. The Morgan fingerprint density at radius 1 is 1.35 bits per heavy atom. The summed E-state index contributed by atoms with van der Waals surface area (Å²) in [5, 5.41) is 17.8. The molecular formula is C20H22N4OS. The molecule has 2 saturated carbocycles. The van der Waals surface area contributed by atoms with Gasteiger partial charge in [-0.15, -0.1) is 11.8 Å². The molecule has 4 rings (SSSR count). The van der Waals surface area contributed by atoms with Gasteiger partial charge in [-0.1, -0.05) is 24.6 Å². The summed E-state index contributed by atoms with van der Waals surface area (Å²) in [6.07, 6.45) is 7.50. The zero-order valence-corrected chi connectivity index (χ0v) is 15.6. The molecule has 1 amide bonds. The van der Waals surface area contributed by atoms with Gasteiger partial charge in [0.05, 0.1) is 5.69 Å². The second-order valence-corrected chi connectivity index (χ2v) is 8.07. The largest absolute Gasteiger partial charge is 0.309 e. The van der Waals surface area contributed by atoms with Crippen LogP contribution in [0.2, 0.25) is 0 Å². The van der Waals surface area contributed by atoms with Crippen LogP contribution in [0.5, 0.6) is 0 Å². The molecule has 6 heteroatoms. The van der Waals surface area contributed by atoms with Crippen LogP contribution in [0.15, 0.2) is 35.4 Å². The molecule has 0 spiro atoms. The van der Waals surface area contributed by atoms with Crippen LogP contribution in [-0.4, -0.2) is 21.9 Å². The maximum atomic E-state index is 12.7. The van der Waals surface area contributed by atoms with Crippen LogP contribution in [0.4, 0.5) is 5.82 Å². The SMILES string of the molecule is CSc1nn(-c2ccccc2)c(NC(=O)C[C@H]2C[C@@H]3CC[C@@H]2C3)c1C#N. The summed E-state index contributed by atoms with van der Waals surface area (Å²) in [6, 6.07) is 11.8. The van der Waals surface area contributed by atoms with E-state index in [1.54, 1.807) is 4.68 Å². The lowest BCUT2D eigenvalue weighted by atomic mass is 9.86. The predicted molar refractivity (Wildman–Crippen MR) is 102 cm³/mol. The van der Waals surface area contributed by atoms with E-state index in [1.807, 2.05) is 36.6 Å². The van der Waals surface area contributed by atoms with Crippen LogP contribution in [0, 0.1) is 29.1 Å². The molecule has 5 nitrogen and oxygen atoms in total. The Hall–Kier alpha value is -2.26. The molecule has 26 heavy (non-hydrogen) atoms. The fraction of sp³-hybridized carbons (Fsp3) is 0.450. The van der Waals surface area contributed by atoms with Crippen molar-refractivity contribution in [3.05, 3.63) is 35.9 Å². The summed E-state index contributed by atoms with van der Waals surface area (Å²) < 4.78 is 1.67. The van der Waals surface area contributed by atoms with Crippen molar-refractivity contribution in [1.82, 2.24) is 9.78 Å². The number of amides is 1. The lowest BCUT2D eigenvalue weighted by Gasteiger charge is -2.21. The number of benzene rings is 1. The van der Waals surface area contributed by atoms with E-state index < -0.39 is 0 Å². The van der Waals surface area contributed by atoms with Crippen LogP contribution in [-0.2, 0) is 4.79 Å². The van der Waals surface area contributed by atoms with Gasteiger partial charge in [0.15, 0.2) is 5.82 Å². The van der Waals surface area contributed by atoms with Gasteiger partial charge in [-0.25, -0.2) is 4.68 Å². The normalized spacial score (nSPS) is 23.8. The summed E-state index contributed by atoms with van der Waals surface area (Å²) >= 11 is 1.41. The van der Waals surface area contributed by atoms with Crippen molar-refractivity contribution in [1.29, 1.82) is 5.26 Å². The molecule has 1 N–H and O–H groups in total. The van der Waals surface area contributed by atoms with E-state index in [1.165, 1.54) is 37.4 Å². The predicted octanol–water partition coefficient (Wildman–Crippen LogP) is 4.23. The minimum absolute atomic E-state index is 0.0104. The third-order valence-electron chi connectivity index (χ3n) is 5.75. The molecule has 2 aliphatic carbocycles. The Kier molecular flexibility index (Phi) is 4.73. The van der Waals surface area contributed by atoms with Crippen molar-refractivity contribution in [2.75, 3.05) is 11.6 Å². The number of nitrogens with zero attached hydrogens (tertiary/aromatic N) is 3. The molecule has 2 fully saturated rings. The Bertz CT molecular complexity index is 855. The number of anilines is 1. The first-order valence-corrected chi connectivity index (χ1v) is 10.3. The zero-order valence-electron chi connectivity index (χ0n) is 14.8. The Morgan fingerprint density at radius 2 is 2.15 bits per heavy atom. The average Bonchev–Trinajstić information content (AvgIpc) is 3.36. The number of thioether (sulfide) groups is 1. The minimum atomic E-state index is -0.0104. The molecule has 0 saturated heterocycles. The van der Waals surface area contributed by atoms with Gasteiger partial charge in [0, 0.05) is 6.42 Å². The van der Waals surface area contributed by atoms with E-state index in [2.05, 4.69) is 16.5 Å². The number of nitrogens with one attached hydrogen (secondary N) is 1. The molecule has 0 unspecified atom stereocenters. The fourth-order valence-electron chi connectivity index (χ4n) is 4.56. The van der Waals surface area contributed by atoms with Gasteiger partial charge in [-0.05, 0) is 55.4 Å². The number of carbonyl (C=O) groups is 1. The molecule has 2 aliphatic rings. The molecule has 134 valence electrons. The van der Waals surface area contributed by atoms with Gasteiger partial charge in [0.2, 0.25) is 5.91 Å². The highest BCUT2D eigenvalue weighted by Gasteiger charge is 2.40. The van der Waals surface area contributed by atoms with Gasteiger partial charge < -0.3 is 5.32 Å². The molecule has 1 heterocycles. The summed E-state index contributed by atoms with van der Waals surface area (Å²) in [6.45, 7) is 0. The third-order valence-corrected chi connectivity index (χ3v) is 6.42.